The van der Waals surface area contributed by atoms with Gasteiger partial charge in [-0.05, 0) is 19.8 Å². The summed E-state index contributed by atoms with van der Waals surface area (Å²) in [5.41, 5.74) is 0.258. The summed E-state index contributed by atoms with van der Waals surface area (Å²) >= 11 is 0. The highest BCUT2D eigenvalue weighted by Gasteiger charge is 2.57. The maximum Gasteiger partial charge on any atom is 0.0946 e. The Kier molecular flexibility index (Phi) is 3.39. The first-order chi connectivity index (χ1) is 9.09. The molecule has 19 heavy (non-hydrogen) atoms. The van der Waals surface area contributed by atoms with E-state index < -0.39 is 0 Å². The SMILES string of the molecule is CC(Cn1ccnc1)NC1C2CCCOC2C1(C)C. The molecule has 4 atom stereocenters. The number of aromatic nitrogens is 2. The predicted octanol–water partition coefficient (Wildman–Crippen LogP) is 2.06. The molecule has 106 valence electrons. The summed E-state index contributed by atoms with van der Waals surface area (Å²) in [6.07, 6.45) is 8.73. The van der Waals surface area contributed by atoms with Gasteiger partial charge in [-0.1, -0.05) is 13.8 Å². The molecule has 0 bridgehead atoms. The monoisotopic (exact) mass is 263 g/mol. The predicted molar refractivity (Wildman–Crippen MR) is 74.9 cm³/mol. The number of ether oxygens (including phenoxy) is 1. The van der Waals surface area contributed by atoms with Gasteiger partial charge in [-0.25, -0.2) is 4.98 Å². The molecular formula is C15H25N3O. The average molecular weight is 263 g/mol. The van der Waals surface area contributed by atoms with Crippen LogP contribution in [0.3, 0.4) is 0 Å². The minimum Gasteiger partial charge on any atom is -0.377 e. The number of fused-ring (bicyclic) bond motifs is 1. The van der Waals surface area contributed by atoms with Crippen molar-refractivity contribution in [3.05, 3.63) is 18.7 Å². The van der Waals surface area contributed by atoms with E-state index >= 15 is 0 Å². The normalized spacial score (nSPS) is 34.4. The molecule has 1 aromatic rings. The van der Waals surface area contributed by atoms with Crippen molar-refractivity contribution < 1.29 is 4.74 Å². The summed E-state index contributed by atoms with van der Waals surface area (Å²) in [5, 5.41) is 3.82. The molecule has 4 heteroatoms. The molecule has 4 nitrogen and oxygen atoms in total. The van der Waals surface area contributed by atoms with Gasteiger partial charge in [-0.15, -0.1) is 0 Å². The quantitative estimate of drug-likeness (QED) is 0.904. The van der Waals surface area contributed by atoms with Crippen LogP contribution in [-0.4, -0.2) is 34.3 Å². The molecule has 1 aliphatic carbocycles. The third-order valence-electron chi connectivity index (χ3n) is 4.84. The lowest BCUT2D eigenvalue weighted by molar-refractivity contribution is -0.194. The summed E-state index contributed by atoms with van der Waals surface area (Å²) in [5.74, 6) is 0.703. The van der Waals surface area contributed by atoms with Gasteiger partial charge in [0.25, 0.3) is 0 Å². The van der Waals surface area contributed by atoms with E-state index in [1.807, 2.05) is 18.7 Å². The zero-order valence-electron chi connectivity index (χ0n) is 12.2. The Balaban J connectivity index is 1.59. The van der Waals surface area contributed by atoms with Gasteiger partial charge >= 0.3 is 0 Å². The van der Waals surface area contributed by atoms with Crippen molar-refractivity contribution in [1.82, 2.24) is 14.9 Å². The zero-order chi connectivity index (χ0) is 13.5. The van der Waals surface area contributed by atoms with Gasteiger partial charge < -0.3 is 14.6 Å². The second-order valence-electron chi connectivity index (χ2n) is 6.72. The Hall–Kier alpha value is -0.870. The Labute approximate surface area is 115 Å². The van der Waals surface area contributed by atoms with E-state index in [0.29, 0.717) is 24.1 Å². The average Bonchev–Trinajstić information content (AvgIpc) is 2.89. The van der Waals surface area contributed by atoms with Crippen LogP contribution in [0.5, 0.6) is 0 Å². The molecule has 4 unspecified atom stereocenters. The Bertz CT molecular complexity index is 415. The van der Waals surface area contributed by atoms with Crippen LogP contribution in [0, 0.1) is 11.3 Å². The maximum absolute atomic E-state index is 5.95. The van der Waals surface area contributed by atoms with Gasteiger partial charge in [0.05, 0.1) is 12.4 Å². The Morgan fingerprint density at radius 3 is 3.11 bits per heavy atom. The second-order valence-corrected chi connectivity index (χ2v) is 6.72. The summed E-state index contributed by atoms with van der Waals surface area (Å²) in [6, 6.07) is 1.04. The number of rotatable bonds is 4. The van der Waals surface area contributed by atoms with E-state index in [1.165, 1.54) is 12.8 Å². The van der Waals surface area contributed by atoms with E-state index in [1.54, 1.807) is 0 Å². The lowest BCUT2D eigenvalue weighted by Gasteiger charge is -2.60. The molecule has 2 aliphatic rings. The molecule has 0 radical (unpaired) electrons. The molecule has 3 rings (SSSR count). The van der Waals surface area contributed by atoms with Crippen molar-refractivity contribution in [2.24, 2.45) is 11.3 Å². The smallest absolute Gasteiger partial charge is 0.0946 e. The fraction of sp³-hybridized carbons (Fsp3) is 0.800. The van der Waals surface area contributed by atoms with Gasteiger partial charge in [0, 0.05) is 49.0 Å². The highest BCUT2D eigenvalue weighted by Crippen LogP contribution is 2.51. The molecule has 2 heterocycles. The van der Waals surface area contributed by atoms with Crippen LogP contribution in [0.2, 0.25) is 0 Å². The van der Waals surface area contributed by atoms with Crippen LogP contribution >= 0.6 is 0 Å². The van der Waals surface area contributed by atoms with Crippen molar-refractivity contribution in [3.8, 4) is 0 Å². The topological polar surface area (TPSA) is 39.1 Å². The van der Waals surface area contributed by atoms with Crippen LogP contribution in [0.4, 0.5) is 0 Å². The summed E-state index contributed by atoms with van der Waals surface area (Å²) in [4.78, 5) is 4.10. The summed E-state index contributed by atoms with van der Waals surface area (Å²) in [6.45, 7) is 8.85. The van der Waals surface area contributed by atoms with Crippen molar-refractivity contribution in [1.29, 1.82) is 0 Å². The number of nitrogens with zero attached hydrogens (tertiary/aromatic N) is 2. The molecule has 1 aliphatic heterocycles. The van der Waals surface area contributed by atoms with E-state index in [0.717, 1.165) is 13.2 Å². The minimum absolute atomic E-state index is 0.258. The summed E-state index contributed by atoms with van der Waals surface area (Å²) < 4.78 is 8.09. The van der Waals surface area contributed by atoms with E-state index in [-0.39, 0.29) is 5.41 Å². The first-order valence-corrected chi connectivity index (χ1v) is 7.42. The number of hydrogen-bond acceptors (Lipinski definition) is 3. The van der Waals surface area contributed by atoms with Crippen LogP contribution < -0.4 is 5.32 Å². The van der Waals surface area contributed by atoms with Crippen molar-refractivity contribution in [2.75, 3.05) is 6.61 Å². The van der Waals surface area contributed by atoms with Crippen molar-refractivity contribution in [2.45, 2.75) is 58.3 Å². The number of nitrogens with one attached hydrogen (secondary N) is 1. The minimum atomic E-state index is 0.258. The highest BCUT2D eigenvalue weighted by atomic mass is 16.5. The number of hydrogen-bond donors (Lipinski definition) is 1. The number of imidazole rings is 1. The molecule has 1 saturated carbocycles. The third-order valence-corrected chi connectivity index (χ3v) is 4.84. The Morgan fingerprint density at radius 2 is 2.37 bits per heavy atom. The van der Waals surface area contributed by atoms with Crippen LogP contribution in [0.1, 0.15) is 33.6 Å². The fourth-order valence-corrected chi connectivity index (χ4v) is 3.93. The molecule has 1 N–H and O–H groups in total. The van der Waals surface area contributed by atoms with Crippen molar-refractivity contribution >= 4 is 0 Å². The maximum atomic E-state index is 5.95. The van der Waals surface area contributed by atoms with Gasteiger partial charge in [0.2, 0.25) is 0 Å². The summed E-state index contributed by atoms with van der Waals surface area (Å²) in [7, 11) is 0. The van der Waals surface area contributed by atoms with Crippen LogP contribution in [0.25, 0.3) is 0 Å². The first-order valence-electron chi connectivity index (χ1n) is 7.42. The van der Waals surface area contributed by atoms with E-state index in [4.69, 9.17) is 4.74 Å². The molecular weight excluding hydrogens is 238 g/mol. The van der Waals surface area contributed by atoms with E-state index in [2.05, 4.69) is 35.6 Å². The van der Waals surface area contributed by atoms with E-state index in [9.17, 15) is 0 Å². The second kappa shape index (κ2) is 4.91. The first kappa shape index (κ1) is 13.1. The lowest BCUT2D eigenvalue weighted by Crippen LogP contribution is -2.70. The highest BCUT2D eigenvalue weighted by molar-refractivity contribution is 5.10. The molecule has 1 aromatic heterocycles. The van der Waals surface area contributed by atoms with Gasteiger partial charge in [0.1, 0.15) is 0 Å². The van der Waals surface area contributed by atoms with Gasteiger partial charge in [-0.2, -0.15) is 0 Å². The molecule has 2 fully saturated rings. The molecule has 1 saturated heterocycles. The zero-order valence-corrected chi connectivity index (χ0v) is 12.2. The standard InChI is InChI=1S/C15H25N3O/c1-11(9-18-7-6-16-10-18)17-13-12-5-4-8-19-14(12)15(13,2)3/h6-7,10-14,17H,4-5,8-9H2,1-3H3. The van der Waals surface area contributed by atoms with Crippen LogP contribution in [-0.2, 0) is 11.3 Å². The van der Waals surface area contributed by atoms with Gasteiger partial charge in [-0.3, -0.25) is 0 Å². The molecule has 0 aromatic carbocycles. The molecule has 0 amide bonds. The lowest BCUT2D eigenvalue weighted by atomic mass is 9.55. The fourth-order valence-electron chi connectivity index (χ4n) is 3.93. The van der Waals surface area contributed by atoms with Crippen LogP contribution in [0.15, 0.2) is 18.7 Å². The Morgan fingerprint density at radius 1 is 1.53 bits per heavy atom. The van der Waals surface area contributed by atoms with Crippen molar-refractivity contribution in [3.63, 3.8) is 0 Å². The van der Waals surface area contributed by atoms with Gasteiger partial charge in [0.15, 0.2) is 0 Å². The largest absolute Gasteiger partial charge is 0.377 e. The third kappa shape index (κ3) is 2.32. The molecule has 0 spiro atoms.